The summed E-state index contributed by atoms with van der Waals surface area (Å²) in [5.41, 5.74) is 1.78. The van der Waals surface area contributed by atoms with E-state index in [0.29, 0.717) is 0 Å². The average Bonchev–Trinajstić information content (AvgIpc) is 2.56. The van der Waals surface area contributed by atoms with Gasteiger partial charge in [0.25, 0.3) is 0 Å². The lowest BCUT2D eigenvalue weighted by molar-refractivity contribution is 0.0549. The normalized spacial score (nSPS) is 19.3. The van der Waals surface area contributed by atoms with Crippen LogP contribution in [0.1, 0.15) is 51.5 Å². The molecule has 2 nitrogen and oxygen atoms in total. The van der Waals surface area contributed by atoms with Crippen molar-refractivity contribution in [2.45, 2.75) is 51.4 Å². The van der Waals surface area contributed by atoms with Gasteiger partial charge in [0.05, 0.1) is 0 Å². The molecule has 1 aliphatic heterocycles. The highest BCUT2D eigenvalue weighted by Crippen LogP contribution is 2.37. The molecule has 0 spiro atoms. The van der Waals surface area contributed by atoms with Crippen molar-refractivity contribution in [2.75, 3.05) is 26.3 Å². The fourth-order valence-electron chi connectivity index (χ4n) is 3.56. The fourth-order valence-corrected chi connectivity index (χ4v) is 3.56. The van der Waals surface area contributed by atoms with Crippen LogP contribution in [-0.4, -0.2) is 26.3 Å². The monoisotopic (exact) mass is 289 g/mol. The maximum absolute atomic E-state index is 5.54. The van der Waals surface area contributed by atoms with Gasteiger partial charge in [-0.25, -0.2) is 0 Å². The maximum atomic E-state index is 5.54. The number of hydrogen-bond acceptors (Lipinski definition) is 2. The van der Waals surface area contributed by atoms with Crippen LogP contribution < -0.4 is 5.32 Å². The van der Waals surface area contributed by atoms with E-state index < -0.39 is 0 Å². The van der Waals surface area contributed by atoms with E-state index in [4.69, 9.17) is 4.74 Å². The molecular weight excluding hydrogens is 258 g/mol. The van der Waals surface area contributed by atoms with Gasteiger partial charge in [0, 0.05) is 25.2 Å². The van der Waals surface area contributed by atoms with Crippen molar-refractivity contribution >= 4 is 0 Å². The van der Waals surface area contributed by atoms with Crippen LogP contribution >= 0.6 is 0 Å². The Morgan fingerprint density at radius 3 is 2.48 bits per heavy atom. The highest BCUT2D eigenvalue weighted by molar-refractivity contribution is 5.26. The first kappa shape index (κ1) is 16.5. The van der Waals surface area contributed by atoms with E-state index in [1.165, 1.54) is 37.7 Å². The van der Waals surface area contributed by atoms with E-state index in [9.17, 15) is 0 Å². The highest BCUT2D eigenvalue weighted by Gasteiger charge is 2.33. The van der Waals surface area contributed by atoms with E-state index in [1.54, 1.807) is 0 Å². The average molecular weight is 289 g/mol. The lowest BCUT2D eigenvalue weighted by Gasteiger charge is -2.38. The van der Waals surface area contributed by atoms with Crippen LogP contribution in [0.25, 0.3) is 0 Å². The van der Waals surface area contributed by atoms with E-state index in [0.717, 1.165) is 32.2 Å². The van der Waals surface area contributed by atoms with Crippen molar-refractivity contribution in [3.8, 4) is 0 Å². The van der Waals surface area contributed by atoms with E-state index in [-0.39, 0.29) is 5.41 Å². The van der Waals surface area contributed by atoms with Crippen LogP contribution in [0.4, 0.5) is 0 Å². The Balaban J connectivity index is 2.14. The van der Waals surface area contributed by atoms with Crippen molar-refractivity contribution < 1.29 is 4.74 Å². The molecule has 0 bridgehead atoms. The number of ether oxygens (including phenoxy) is 1. The molecule has 1 unspecified atom stereocenters. The van der Waals surface area contributed by atoms with Crippen molar-refractivity contribution in [3.05, 3.63) is 35.9 Å². The van der Waals surface area contributed by atoms with Crippen LogP contribution in [0.15, 0.2) is 30.3 Å². The number of nitrogens with one attached hydrogen (secondary N) is 1. The molecule has 0 radical (unpaired) electrons. The molecule has 21 heavy (non-hydrogen) atoms. The molecule has 1 saturated heterocycles. The van der Waals surface area contributed by atoms with Gasteiger partial charge < -0.3 is 10.1 Å². The quantitative estimate of drug-likeness (QED) is 0.726. The highest BCUT2D eigenvalue weighted by atomic mass is 16.5. The Bertz CT molecular complexity index is 386. The summed E-state index contributed by atoms with van der Waals surface area (Å²) in [6.45, 7) is 8.69. The van der Waals surface area contributed by atoms with Gasteiger partial charge in [-0.3, -0.25) is 0 Å². The molecule has 118 valence electrons. The zero-order valence-electron chi connectivity index (χ0n) is 13.7. The summed E-state index contributed by atoms with van der Waals surface area (Å²) in [4.78, 5) is 0. The van der Waals surface area contributed by atoms with E-state index >= 15 is 0 Å². The molecule has 2 heteroatoms. The van der Waals surface area contributed by atoms with Gasteiger partial charge in [-0.15, -0.1) is 0 Å². The van der Waals surface area contributed by atoms with Crippen molar-refractivity contribution in [1.82, 2.24) is 5.32 Å². The first-order chi connectivity index (χ1) is 10.3. The second-order valence-electron chi connectivity index (χ2n) is 6.44. The lowest BCUT2D eigenvalue weighted by Crippen LogP contribution is -2.40. The van der Waals surface area contributed by atoms with Crippen molar-refractivity contribution in [3.63, 3.8) is 0 Å². The molecule has 0 amide bonds. The maximum Gasteiger partial charge on any atom is 0.0468 e. The van der Waals surface area contributed by atoms with Crippen LogP contribution in [0, 0.1) is 5.92 Å². The molecule has 0 aliphatic carbocycles. The number of hydrogen-bond donors (Lipinski definition) is 1. The van der Waals surface area contributed by atoms with Gasteiger partial charge in [-0.05, 0) is 50.1 Å². The third kappa shape index (κ3) is 4.55. The Morgan fingerprint density at radius 1 is 1.14 bits per heavy atom. The topological polar surface area (TPSA) is 21.3 Å². The Labute approximate surface area is 130 Å². The van der Waals surface area contributed by atoms with Gasteiger partial charge in [0.15, 0.2) is 0 Å². The summed E-state index contributed by atoms with van der Waals surface area (Å²) < 4.78 is 5.54. The largest absolute Gasteiger partial charge is 0.381 e. The van der Waals surface area contributed by atoms with Crippen LogP contribution in [0.2, 0.25) is 0 Å². The predicted molar refractivity (Wildman–Crippen MR) is 89.7 cm³/mol. The first-order valence-corrected chi connectivity index (χ1v) is 8.64. The SMILES string of the molecule is CCCNCC(CC)(CC1CCOCC1)c1ccccc1. The molecule has 1 heterocycles. The molecule has 1 atom stereocenters. The summed E-state index contributed by atoms with van der Waals surface area (Å²) in [6.07, 6.45) is 6.13. The fraction of sp³-hybridized carbons (Fsp3) is 0.684. The Morgan fingerprint density at radius 2 is 1.86 bits per heavy atom. The van der Waals surface area contributed by atoms with Gasteiger partial charge in [-0.2, -0.15) is 0 Å². The lowest BCUT2D eigenvalue weighted by atomic mass is 9.70. The summed E-state index contributed by atoms with van der Waals surface area (Å²) >= 11 is 0. The third-order valence-electron chi connectivity index (χ3n) is 4.97. The summed E-state index contributed by atoms with van der Waals surface area (Å²) in [5.74, 6) is 0.808. The Kier molecular flexibility index (Phi) is 6.72. The standard InChI is InChI=1S/C19H31NO/c1-3-12-20-16-19(4-2,18-8-6-5-7-9-18)15-17-10-13-21-14-11-17/h5-9,17,20H,3-4,10-16H2,1-2H3. The van der Waals surface area contributed by atoms with Crippen LogP contribution in [0.3, 0.4) is 0 Å². The smallest absolute Gasteiger partial charge is 0.0468 e. The third-order valence-corrected chi connectivity index (χ3v) is 4.97. The minimum Gasteiger partial charge on any atom is -0.381 e. The zero-order valence-corrected chi connectivity index (χ0v) is 13.7. The molecule has 1 aromatic rings. The molecule has 0 saturated carbocycles. The molecule has 1 fully saturated rings. The van der Waals surface area contributed by atoms with Gasteiger partial charge in [0.2, 0.25) is 0 Å². The molecule has 1 N–H and O–H groups in total. The minimum atomic E-state index is 0.276. The van der Waals surface area contributed by atoms with Gasteiger partial charge in [0.1, 0.15) is 0 Å². The molecule has 1 aliphatic rings. The van der Waals surface area contributed by atoms with E-state index in [2.05, 4.69) is 49.5 Å². The first-order valence-electron chi connectivity index (χ1n) is 8.64. The predicted octanol–water partition coefficient (Wildman–Crippen LogP) is 4.15. The van der Waals surface area contributed by atoms with Crippen molar-refractivity contribution in [2.24, 2.45) is 5.92 Å². The molecule has 1 aromatic carbocycles. The zero-order chi connectivity index (χ0) is 15.0. The van der Waals surface area contributed by atoms with Gasteiger partial charge >= 0.3 is 0 Å². The number of rotatable bonds is 8. The second kappa shape index (κ2) is 8.55. The summed E-state index contributed by atoms with van der Waals surface area (Å²) in [6, 6.07) is 11.1. The Hall–Kier alpha value is -0.860. The van der Waals surface area contributed by atoms with E-state index in [1.807, 2.05) is 0 Å². The molecule has 2 rings (SSSR count). The summed E-state index contributed by atoms with van der Waals surface area (Å²) in [5, 5.41) is 3.68. The van der Waals surface area contributed by atoms with Crippen LogP contribution in [-0.2, 0) is 10.2 Å². The van der Waals surface area contributed by atoms with Crippen molar-refractivity contribution in [1.29, 1.82) is 0 Å². The van der Waals surface area contributed by atoms with Gasteiger partial charge in [-0.1, -0.05) is 44.2 Å². The minimum absolute atomic E-state index is 0.276. The number of benzene rings is 1. The summed E-state index contributed by atoms with van der Waals surface area (Å²) in [7, 11) is 0. The molecule has 0 aromatic heterocycles. The molecular formula is C19H31NO. The van der Waals surface area contributed by atoms with Crippen LogP contribution in [0.5, 0.6) is 0 Å². The second-order valence-corrected chi connectivity index (χ2v) is 6.44.